The lowest BCUT2D eigenvalue weighted by Crippen LogP contribution is -2.10. The van der Waals surface area contributed by atoms with Gasteiger partial charge in [-0.25, -0.2) is 4.98 Å². The van der Waals surface area contributed by atoms with E-state index in [1.807, 2.05) is 0 Å². The van der Waals surface area contributed by atoms with Gasteiger partial charge >= 0.3 is 6.18 Å². The van der Waals surface area contributed by atoms with Crippen molar-refractivity contribution in [3.8, 4) is 5.88 Å². The van der Waals surface area contributed by atoms with E-state index in [1.165, 1.54) is 19.4 Å². The van der Waals surface area contributed by atoms with E-state index in [4.69, 9.17) is 0 Å². The van der Waals surface area contributed by atoms with Gasteiger partial charge in [-0.1, -0.05) is 0 Å². The summed E-state index contributed by atoms with van der Waals surface area (Å²) < 4.78 is 42.2. The Morgan fingerprint density at radius 3 is 2.50 bits per heavy atom. The van der Waals surface area contributed by atoms with E-state index in [2.05, 4.69) is 9.72 Å². The van der Waals surface area contributed by atoms with Gasteiger partial charge in [0.1, 0.15) is 5.56 Å². The van der Waals surface area contributed by atoms with Gasteiger partial charge in [0, 0.05) is 11.1 Å². The van der Waals surface area contributed by atoms with E-state index < -0.39 is 11.7 Å². The third kappa shape index (κ3) is 2.12. The minimum atomic E-state index is -4.43. The quantitative estimate of drug-likeness (QED) is 0.720. The Kier molecular flexibility index (Phi) is 3.25. The fourth-order valence-corrected chi connectivity index (χ4v) is 1.62. The predicted molar refractivity (Wildman–Crippen MR) is 47.6 cm³/mol. The summed E-state index contributed by atoms with van der Waals surface area (Å²) in [5.41, 5.74) is -0.810. The first-order valence-corrected chi connectivity index (χ1v) is 4.87. The molecule has 0 unspecified atom stereocenters. The molecule has 14 heavy (non-hydrogen) atoms. The Labute approximate surface area is 83.5 Å². The fourth-order valence-electron chi connectivity index (χ4n) is 1.01. The monoisotopic (exact) mass is 223 g/mol. The number of halogens is 3. The zero-order valence-corrected chi connectivity index (χ0v) is 8.37. The molecule has 0 saturated carbocycles. The first-order valence-electron chi connectivity index (χ1n) is 3.65. The average Bonchev–Trinajstić information content (AvgIpc) is 2.15. The lowest BCUT2D eigenvalue weighted by molar-refractivity contribution is -0.141. The van der Waals surface area contributed by atoms with Crippen LogP contribution < -0.4 is 4.74 Å². The molecule has 0 aliphatic carbocycles. The van der Waals surface area contributed by atoms with Crippen LogP contribution in [0.25, 0.3) is 0 Å². The number of nitrogens with zero attached hydrogens (tertiary/aromatic N) is 1. The number of alkyl halides is 3. The lowest BCUT2D eigenvalue weighted by Gasteiger charge is -2.13. The average molecular weight is 223 g/mol. The number of thioether (sulfide) groups is 1. The Morgan fingerprint density at radius 2 is 2.07 bits per heavy atom. The van der Waals surface area contributed by atoms with Crippen molar-refractivity contribution in [3.63, 3.8) is 0 Å². The van der Waals surface area contributed by atoms with Crippen LogP contribution in [0.3, 0.4) is 0 Å². The van der Waals surface area contributed by atoms with Gasteiger partial charge in [0.05, 0.1) is 7.11 Å². The zero-order valence-electron chi connectivity index (χ0n) is 7.55. The third-order valence-corrected chi connectivity index (χ3v) is 2.35. The van der Waals surface area contributed by atoms with Gasteiger partial charge in [-0.3, -0.25) is 0 Å². The number of methoxy groups -OCH3 is 1. The number of ether oxygens (including phenoxy) is 1. The number of rotatable bonds is 2. The first kappa shape index (κ1) is 11.2. The van der Waals surface area contributed by atoms with Gasteiger partial charge in [-0.2, -0.15) is 13.2 Å². The van der Waals surface area contributed by atoms with Crippen molar-refractivity contribution in [2.24, 2.45) is 0 Å². The maximum absolute atomic E-state index is 12.5. The summed E-state index contributed by atoms with van der Waals surface area (Å²) in [7, 11) is 1.17. The topological polar surface area (TPSA) is 22.1 Å². The number of pyridine rings is 1. The van der Waals surface area contributed by atoms with Crippen LogP contribution in [0.1, 0.15) is 5.56 Å². The molecule has 0 bridgehead atoms. The summed E-state index contributed by atoms with van der Waals surface area (Å²) in [5.74, 6) is -0.385. The maximum Gasteiger partial charge on any atom is 0.422 e. The van der Waals surface area contributed by atoms with Crippen LogP contribution in [0.4, 0.5) is 13.2 Å². The molecule has 0 aliphatic rings. The van der Waals surface area contributed by atoms with Crippen LogP contribution in [-0.2, 0) is 6.18 Å². The SMILES string of the molecule is COc1nccc(SC)c1C(F)(F)F. The highest BCUT2D eigenvalue weighted by atomic mass is 32.2. The zero-order chi connectivity index (χ0) is 10.8. The molecule has 1 aromatic heterocycles. The Bertz CT molecular complexity index is 305. The molecule has 0 radical (unpaired) electrons. The fraction of sp³-hybridized carbons (Fsp3) is 0.375. The number of hydrogen-bond donors (Lipinski definition) is 0. The van der Waals surface area contributed by atoms with Crippen LogP contribution in [0.15, 0.2) is 17.2 Å². The maximum atomic E-state index is 12.5. The molecule has 1 heterocycles. The highest BCUT2D eigenvalue weighted by Gasteiger charge is 2.37. The molecule has 6 heteroatoms. The smallest absolute Gasteiger partial charge is 0.422 e. The molecule has 1 aromatic rings. The molecule has 0 N–H and O–H groups in total. The van der Waals surface area contributed by atoms with Crippen molar-refractivity contribution in [2.75, 3.05) is 13.4 Å². The summed E-state index contributed by atoms with van der Waals surface area (Å²) in [6.45, 7) is 0. The minimum Gasteiger partial charge on any atom is -0.481 e. The molecule has 0 aromatic carbocycles. The Balaban J connectivity index is 3.34. The van der Waals surface area contributed by atoms with E-state index in [0.717, 1.165) is 11.8 Å². The summed E-state index contributed by atoms with van der Waals surface area (Å²) in [6, 6.07) is 1.32. The highest BCUT2D eigenvalue weighted by molar-refractivity contribution is 7.98. The van der Waals surface area contributed by atoms with E-state index in [0.29, 0.717) is 0 Å². The summed E-state index contributed by atoms with van der Waals surface area (Å²) >= 11 is 1.01. The van der Waals surface area contributed by atoms with Crippen molar-refractivity contribution in [2.45, 2.75) is 11.1 Å². The van der Waals surface area contributed by atoms with Crippen LogP contribution in [0.2, 0.25) is 0 Å². The molecule has 0 aliphatic heterocycles. The van der Waals surface area contributed by atoms with E-state index in [-0.39, 0.29) is 10.8 Å². The molecule has 0 saturated heterocycles. The molecule has 78 valence electrons. The second-order valence-electron chi connectivity index (χ2n) is 2.40. The van der Waals surface area contributed by atoms with Gasteiger partial charge < -0.3 is 4.74 Å². The molecule has 1 rings (SSSR count). The van der Waals surface area contributed by atoms with Crippen molar-refractivity contribution in [1.82, 2.24) is 4.98 Å². The van der Waals surface area contributed by atoms with Gasteiger partial charge in [0.25, 0.3) is 0 Å². The predicted octanol–water partition coefficient (Wildman–Crippen LogP) is 2.83. The van der Waals surface area contributed by atoms with Crippen molar-refractivity contribution < 1.29 is 17.9 Å². The van der Waals surface area contributed by atoms with Crippen molar-refractivity contribution >= 4 is 11.8 Å². The number of hydrogen-bond acceptors (Lipinski definition) is 3. The second-order valence-corrected chi connectivity index (χ2v) is 3.24. The number of aromatic nitrogens is 1. The van der Waals surface area contributed by atoms with Gasteiger partial charge in [0.2, 0.25) is 5.88 Å². The summed E-state index contributed by atoms with van der Waals surface area (Å²) in [5, 5.41) is 0. The summed E-state index contributed by atoms with van der Waals surface area (Å²) in [6.07, 6.45) is -1.57. The van der Waals surface area contributed by atoms with Gasteiger partial charge in [0.15, 0.2) is 0 Å². The van der Waals surface area contributed by atoms with Gasteiger partial charge in [-0.05, 0) is 12.3 Å². The van der Waals surface area contributed by atoms with E-state index >= 15 is 0 Å². The van der Waals surface area contributed by atoms with Crippen LogP contribution in [0, 0.1) is 0 Å². The van der Waals surface area contributed by atoms with Crippen molar-refractivity contribution in [3.05, 3.63) is 17.8 Å². The molecular formula is C8H8F3NOS. The summed E-state index contributed by atoms with van der Waals surface area (Å²) in [4.78, 5) is 3.63. The largest absolute Gasteiger partial charge is 0.481 e. The first-order chi connectivity index (χ1) is 6.50. The lowest BCUT2D eigenvalue weighted by atomic mass is 10.2. The van der Waals surface area contributed by atoms with Crippen LogP contribution in [0.5, 0.6) is 5.88 Å². The third-order valence-electron chi connectivity index (χ3n) is 1.57. The molecule has 0 amide bonds. The molecule has 0 fully saturated rings. The van der Waals surface area contributed by atoms with Crippen molar-refractivity contribution in [1.29, 1.82) is 0 Å². The normalized spacial score (nSPS) is 11.5. The molecular weight excluding hydrogens is 215 g/mol. The minimum absolute atomic E-state index is 0.115. The highest BCUT2D eigenvalue weighted by Crippen LogP contribution is 2.40. The molecule has 0 spiro atoms. The molecule has 0 atom stereocenters. The molecule has 2 nitrogen and oxygen atoms in total. The Hall–Kier alpha value is -0.910. The van der Waals surface area contributed by atoms with E-state index in [9.17, 15) is 13.2 Å². The van der Waals surface area contributed by atoms with Crippen LogP contribution in [-0.4, -0.2) is 18.3 Å². The second kappa shape index (κ2) is 4.08. The van der Waals surface area contributed by atoms with Crippen LogP contribution >= 0.6 is 11.8 Å². The standard InChI is InChI=1S/C8H8F3NOS/c1-13-7-6(8(9,10)11)5(14-2)3-4-12-7/h3-4H,1-2H3. The van der Waals surface area contributed by atoms with E-state index in [1.54, 1.807) is 6.26 Å². The van der Waals surface area contributed by atoms with Gasteiger partial charge in [-0.15, -0.1) is 11.8 Å². The Morgan fingerprint density at radius 1 is 1.43 bits per heavy atom.